The second-order valence-electron chi connectivity index (χ2n) is 4.10. The zero-order valence-corrected chi connectivity index (χ0v) is 12.1. The summed E-state index contributed by atoms with van der Waals surface area (Å²) in [5.41, 5.74) is 3.52. The standard InChI is InChI=1S/C12H18ClN3OS/c1-8(7-18-2)6-15-12(17)10-5-9(13)3-4-11(10)16-14/h3-5,8,16H,6-7,14H2,1-2H3,(H,15,17). The number of hydrogen-bond acceptors (Lipinski definition) is 4. The number of nitrogens with one attached hydrogen (secondary N) is 2. The minimum Gasteiger partial charge on any atom is -0.352 e. The van der Waals surface area contributed by atoms with Crippen LogP contribution in [0.15, 0.2) is 18.2 Å². The van der Waals surface area contributed by atoms with E-state index in [9.17, 15) is 4.79 Å². The highest BCUT2D eigenvalue weighted by Crippen LogP contribution is 2.19. The monoisotopic (exact) mass is 287 g/mol. The summed E-state index contributed by atoms with van der Waals surface area (Å²) in [6.07, 6.45) is 2.05. The molecule has 6 heteroatoms. The Morgan fingerprint density at radius 3 is 2.89 bits per heavy atom. The Morgan fingerprint density at radius 1 is 1.56 bits per heavy atom. The highest BCUT2D eigenvalue weighted by Gasteiger charge is 2.12. The first-order valence-corrected chi connectivity index (χ1v) is 7.39. The molecule has 1 amide bonds. The lowest BCUT2D eigenvalue weighted by Crippen LogP contribution is -2.30. The van der Waals surface area contributed by atoms with E-state index in [2.05, 4.69) is 17.7 Å². The molecule has 1 aromatic rings. The number of rotatable bonds is 6. The summed E-state index contributed by atoms with van der Waals surface area (Å²) in [7, 11) is 0. The normalized spacial score (nSPS) is 12.0. The first-order valence-electron chi connectivity index (χ1n) is 5.61. The lowest BCUT2D eigenvalue weighted by Gasteiger charge is -2.13. The van der Waals surface area contributed by atoms with Crippen molar-refractivity contribution in [3.63, 3.8) is 0 Å². The number of hydrazine groups is 1. The molecule has 100 valence electrons. The van der Waals surface area contributed by atoms with E-state index in [1.54, 1.807) is 30.0 Å². The van der Waals surface area contributed by atoms with Crippen LogP contribution < -0.4 is 16.6 Å². The van der Waals surface area contributed by atoms with Crippen LogP contribution in [-0.4, -0.2) is 24.5 Å². The molecule has 0 spiro atoms. The number of carbonyl (C=O) groups is 1. The largest absolute Gasteiger partial charge is 0.352 e. The molecule has 0 heterocycles. The molecule has 0 aliphatic heterocycles. The van der Waals surface area contributed by atoms with Gasteiger partial charge in [-0.15, -0.1) is 0 Å². The van der Waals surface area contributed by atoms with Gasteiger partial charge in [-0.3, -0.25) is 10.6 Å². The second kappa shape index (κ2) is 7.51. The third-order valence-electron chi connectivity index (χ3n) is 2.44. The molecule has 0 aliphatic rings. The Kier molecular flexibility index (Phi) is 6.32. The number of amides is 1. The highest BCUT2D eigenvalue weighted by atomic mass is 35.5. The Hall–Kier alpha value is -0.910. The van der Waals surface area contributed by atoms with Crippen molar-refractivity contribution >= 4 is 35.0 Å². The maximum absolute atomic E-state index is 12.0. The van der Waals surface area contributed by atoms with Gasteiger partial charge in [0, 0.05) is 11.6 Å². The Morgan fingerprint density at radius 2 is 2.28 bits per heavy atom. The summed E-state index contributed by atoms with van der Waals surface area (Å²) >= 11 is 7.64. The van der Waals surface area contributed by atoms with Gasteiger partial charge in [0.15, 0.2) is 0 Å². The molecule has 18 heavy (non-hydrogen) atoms. The fraction of sp³-hybridized carbons (Fsp3) is 0.417. The third-order valence-corrected chi connectivity index (χ3v) is 3.58. The van der Waals surface area contributed by atoms with Crippen molar-refractivity contribution in [2.75, 3.05) is 24.0 Å². The van der Waals surface area contributed by atoms with Gasteiger partial charge in [0.05, 0.1) is 11.3 Å². The van der Waals surface area contributed by atoms with Crippen LogP contribution >= 0.6 is 23.4 Å². The zero-order valence-electron chi connectivity index (χ0n) is 10.5. The molecule has 0 bridgehead atoms. The molecule has 0 aliphatic carbocycles. The van der Waals surface area contributed by atoms with E-state index in [1.807, 2.05) is 6.26 Å². The molecule has 4 N–H and O–H groups in total. The summed E-state index contributed by atoms with van der Waals surface area (Å²) in [5.74, 6) is 6.64. The topological polar surface area (TPSA) is 67.2 Å². The van der Waals surface area contributed by atoms with Gasteiger partial charge >= 0.3 is 0 Å². The maximum Gasteiger partial charge on any atom is 0.253 e. The predicted molar refractivity (Wildman–Crippen MR) is 79.1 cm³/mol. The predicted octanol–water partition coefficient (Wildman–Crippen LogP) is 2.35. The average Bonchev–Trinajstić information content (AvgIpc) is 2.36. The zero-order chi connectivity index (χ0) is 13.5. The maximum atomic E-state index is 12.0. The molecule has 1 aromatic carbocycles. The molecule has 1 atom stereocenters. The van der Waals surface area contributed by atoms with Crippen LogP contribution in [0.3, 0.4) is 0 Å². The van der Waals surface area contributed by atoms with Crippen LogP contribution in [0.25, 0.3) is 0 Å². The fourth-order valence-corrected chi connectivity index (χ4v) is 2.39. The molecule has 0 aromatic heterocycles. The molecular formula is C12H18ClN3OS. The average molecular weight is 288 g/mol. The molecule has 1 rings (SSSR count). The SMILES string of the molecule is CSCC(C)CNC(=O)c1cc(Cl)ccc1NN. The number of hydrogen-bond donors (Lipinski definition) is 3. The molecule has 1 unspecified atom stereocenters. The van der Waals surface area contributed by atoms with Gasteiger partial charge in [-0.2, -0.15) is 11.8 Å². The van der Waals surface area contributed by atoms with Crippen molar-refractivity contribution in [1.29, 1.82) is 0 Å². The van der Waals surface area contributed by atoms with Crippen LogP contribution in [0.1, 0.15) is 17.3 Å². The van der Waals surface area contributed by atoms with Crippen molar-refractivity contribution in [3.8, 4) is 0 Å². The van der Waals surface area contributed by atoms with Gasteiger partial charge in [0.25, 0.3) is 5.91 Å². The summed E-state index contributed by atoms with van der Waals surface area (Å²) in [5, 5.41) is 3.39. The van der Waals surface area contributed by atoms with Crippen LogP contribution in [0.5, 0.6) is 0 Å². The quantitative estimate of drug-likeness (QED) is 0.555. The molecule has 0 radical (unpaired) electrons. The van der Waals surface area contributed by atoms with Crippen molar-refractivity contribution in [2.45, 2.75) is 6.92 Å². The van der Waals surface area contributed by atoms with Crippen molar-refractivity contribution in [1.82, 2.24) is 5.32 Å². The van der Waals surface area contributed by atoms with E-state index in [0.717, 1.165) is 5.75 Å². The molecule has 0 saturated carbocycles. The Bertz CT molecular complexity index is 414. The Labute approximate surface area is 117 Å². The van der Waals surface area contributed by atoms with Gasteiger partial charge in [0.1, 0.15) is 0 Å². The number of anilines is 1. The number of nitrogen functional groups attached to an aromatic ring is 1. The first kappa shape index (κ1) is 15.1. The number of carbonyl (C=O) groups excluding carboxylic acids is 1. The van der Waals surface area contributed by atoms with E-state index in [0.29, 0.717) is 28.7 Å². The minimum atomic E-state index is -0.168. The summed E-state index contributed by atoms with van der Waals surface area (Å²) in [6.45, 7) is 2.73. The van der Waals surface area contributed by atoms with Gasteiger partial charge in [-0.1, -0.05) is 18.5 Å². The van der Waals surface area contributed by atoms with Crippen molar-refractivity contribution in [2.24, 2.45) is 11.8 Å². The Balaban J connectivity index is 2.68. The lowest BCUT2D eigenvalue weighted by molar-refractivity contribution is 0.0950. The van der Waals surface area contributed by atoms with Gasteiger partial charge in [-0.25, -0.2) is 0 Å². The van der Waals surface area contributed by atoms with Crippen LogP contribution in [0.2, 0.25) is 5.02 Å². The van der Waals surface area contributed by atoms with E-state index >= 15 is 0 Å². The number of nitrogens with two attached hydrogens (primary N) is 1. The van der Waals surface area contributed by atoms with Gasteiger partial charge in [-0.05, 0) is 36.1 Å². The second-order valence-corrected chi connectivity index (χ2v) is 5.45. The third kappa shape index (κ3) is 4.40. The van der Waals surface area contributed by atoms with E-state index < -0.39 is 0 Å². The number of benzene rings is 1. The van der Waals surface area contributed by atoms with Crippen LogP contribution in [0.4, 0.5) is 5.69 Å². The minimum absolute atomic E-state index is 0.168. The fourth-order valence-electron chi connectivity index (χ4n) is 1.54. The molecule has 0 fully saturated rings. The van der Waals surface area contributed by atoms with E-state index in [-0.39, 0.29) is 5.91 Å². The van der Waals surface area contributed by atoms with Crippen molar-refractivity contribution in [3.05, 3.63) is 28.8 Å². The van der Waals surface area contributed by atoms with Crippen LogP contribution in [-0.2, 0) is 0 Å². The smallest absolute Gasteiger partial charge is 0.253 e. The lowest BCUT2D eigenvalue weighted by atomic mass is 10.1. The summed E-state index contributed by atoms with van der Waals surface area (Å²) in [6, 6.07) is 4.97. The highest BCUT2D eigenvalue weighted by molar-refractivity contribution is 7.98. The van der Waals surface area contributed by atoms with E-state index in [4.69, 9.17) is 17.4 Å². The van der Waals surface area contributed by atoms with E-state index in [1.165, 1.54) is 0 Å². The summed E-state index contributed by atoms with van der Waals surface area (Å²) in [4.78, 5) is 12.0. The number of thioether (sulfide) groups is 1. The summed E-state index contributed by atoms with van der Waals surface area (Å²) < 4.78 is 0. The van der Waals surface area contributed by atoms with Gasteiger partial charge < -0.3 is 10.7 Å². The molecule has 4 nitrogen and oxygen atoms in total. The van der Waals surface area contributed by atoms with Crippen molar-refractivity contribution < 1.29 is 4.79 Å². The number of halogens is 1. The first-order chi connectivity index (χ1) is 8.58. The molecular weight excluding hydrogens is 270 g/mol. The van der Waals surface area contributed by atoms with Crippen LogP contribution in [0, 0.1) is 5.92 Å². The van der Waals surface area contributed by atoms with Gasteiger partial charge in [0.2, 0.25) is 0 Å². The molecule has 0 saturated heterocycles.